The molecule has 0 aliphatic heterocycles. The topological polar surface area (TPSA) is 56.3 Å². The van der Waals surface area contributed by atoms with Gasteiger partial charge in [0.2, 0.25) is 0 Å². The van der Waals surface area contributed by atoms with Gasteiger partial charge in [0.1, 0.15) is 5.75 Å². The van der Waals surface area contributed by atoms with E-state index in [2.05, 4.69) is 16.1 Å². The zero-order valence-corrected chi connectivity index (χ0v) is 10.7. The molecule has 2 aromatic rings. The number of anilines is 2. The number of aromatic nitrogens is 2. The summed E-state index contributed by atoms with van der Waals surface area (Å²) in [6.45, 7) is 1.65. The van der Waals surface area contributed by atoms with Crippen LogP contribution in [-0.4, -0.2) is 30.5 Å². The van der Waals surface area contributed by atoms with Crippen molar-refractivity contribution in [1.29, 1.82) is 0 Å². The lowest BCUT2D eigenvalue weighted by Crippen LogP contribution is -2.22. The Hall–Kier alpha value is -2.17. The van der Waals surface area contributed by atoms with Gasteiger partial charge in [-0.25, -0.2) is 0 Å². The molecule has 18 heavy (non-hydrogen) atoms. The fourth-order valence-electron chi connectivity index (χ4n) is 1.73. The van der Waals surface area contributed by atoms with Gasteiger partial charge in [0.05, 0.1) is 25.5 Å². The summed E-state index contributed by atoms with van der Waals surface area (Å²) in [6, 6.07) is 7.99. The molecule has 0 aliphatic carbocycles. The highest BCUT2D eigenvalue weighted by Gasteiger charge is 2.03. The minimum atomic E-state index is 0.694. The number of methoxy groups -OCH3 is 1. The zero-order chi connectivity index (χ0) is 13.0. The van der Waals surface area contributed by atoms with Crippen molar-refractivity contribution in [3.8, 4) is 5.75 Å². The second kappa shape index (κ2) is 5.44. The molecule has 1 aromatic carbocycles. The maximum absolute atomic E-state index is 5.62. The van der Waals surface area contributed by atoms with E-state index in [1.165, 1.54) is 0 Å². The number of nitrogens with two attached hydrogens (primary N) is 1. The maximum atomic E-state index is 5.62. The van der Waals surface area contributed by atoms with Crippen LogP contribution in [-0.2, 0) is 6.54 Å². The number of nitrogens with zero attached hydrogens (tertiary/aromatic N) is 3. The summed E-state index contributed by atoms with van der Waals surface area (Å²) in [5.74, 6) is 0.864. The second-order valence-corrected chi connectivity index (χ2v) is 4.16. The highest BCUT2D eigenvalue weighted by molar-refractivity contribution is 5.50. The Morgan fingerprint density at radius 1 is 1.44 bits per heavy atom. The Bertz CT molecular complexity index is 509. The van der Waals surface area contributed by atoms with E-state index in [9.17, 15) is 0 Å². The summed E-state index contributed by atoms with van der Waals surface area (Å²) in [7, 11) is 3.72. The average molecular weight is 246 g/mol. The first-order chi connectivity index (χ1) is 8.69. The minimum Gasteiger partial charge on any atom is -0.497 e. The molecule has 0 saturated heterocycles. The molecule has 1 heterocycles. The maximum Gasteiger partial charge on any atom is 0.120 e. The van der Waals surface area contributed by atoms with Crippen LogP contribution in [0.25, 0.3) is 0 Å². The van der Waals surface area contributed by atoms with E-state index in [1.807, 2.05) is 36.1 Å². The monoisotopic (exact) mass is 246 g/mol. The SMILES string of the molecule is COc1cccc(N(C)CCn2cc(N)cn2)c1. The fraction of sp³-hybridized carbons (Fsp3) is 0.308. The number of benzene rings is 1. The molecule has 0 unspecified atom stereocenters. The van der Waals surface area contributed by atoms with Gasteiger partial charge in [-0.2, -0.15) is 5.10 Å². The predicted molar refractivity (Wildman–Crippen MR) is 72.9 cm³/mol. The summed E-state index contributed by atoms with van der Waals surface area (Å²) in [5, 5.41) is 4.16. The van der Waals surface area contributed by atoms with E-state index in [0.29, 0.717) is 5.69 Å². The summed E-state index contributed by atoms with van der Waals surface area (Å²) >= 11 is 0. The largest absolute Gasteiger partial charge is 0.497 e. The van der Waals surface area contributed by atoms with Gasteiger partial charge >= 0.3 is 0 Å². The molecule has 5 nitrogen and oxygen atoms in total. The lowest BCUT2D eigenvalue weighted by Gasteiger charge is -2.19. The average Bonchev–Trinajstić information content (AvgIpc) is 2.82. The second-order valence-electron chi connectivity index (χ2n) is 4.16. The first-order valence-electron chi connectivity index (χ1n) is 5.82. The summed E-state index contributed by atoms with van der Waals surface area (Å²) in [4.78, 5) is 2.15. The Morgan fingerprint density at radius 2 is 2.28 bits per heavy atom. The molecule has 5 heteroatoms. The van der Waals surface area contributed by atoms with Gasteiger partial charge < -0.3 is 15.4 Å². The van der Waals surface area contributed by atoms with E-state index < -0.39 is 0 Å². The molecule has 1 aromatic heterocycles. The Morgan fingerprint density at radius 3 is 2.94 bits per heavy atom. The van der Waals surface area contributed by atoms with Gasteiger partial charge in [0.15, 0.2) is 0 Å². The summed E-state index contributed by atoms with van der Waals surface area (Å²) in [5.41, 5.74) is 7.43. The first kappa shape index (κ1) is 12.3. The third-order valence-corrected chi connectivity index (χ3v) is 2.81. The molecule has 0 saturated carbocycles. The summed E-state index contributed by atoms with van der Waals surface area (Å²) in [6.07, 6.45) is 3.49. The minimum absolute atomic E-state index is 0.694. The van der Waals surface area contributed by atoms with E-state index in [1.54, 1.807) is 13.3 Å². The Kier molecular flexibility index (Phi) is 3.72. The number of hydrogen-bond donors (Lipinski definition) is 1. The molecular weight excluding hydrogens is 228 g/mol. The number of ether oxygens (including phenoxy) is 1. The summed E-state index contributed by atoms with van der Waals surface area (Å²) < 4.78 is 7.05. The van der Waals surface area contributed by atoms with Crippen LogP contribution >= 0.6 is 0 Å². The lowest BCUT2D eigenvalue weighted by atomic mass is 10.3. The van der Waals surface area contributed by atoms with Crippen LogP contribution in [0.3, 0.4) is 0 Å². The van der Waals surface area contributed by atoms with Crippen molar-refractivity contribution >= 4 is 11.4 Å². The lowest BCUT2D eigenvalue weighted by molar-refractivity contribution is 0.415. The molecule has 0 atom stereocenters. The molecule has 0 bridgehead atoms. The molecule has 2 rings (SSSR count). The highest BCUT2D eigenvalue weighted by atomic mass is 16.5. The van der Waals surface area contributed by atoms with Crippen LogP contribution in [0, 0.1) is 0 Å². The Labute approximate surface area is 107 Å². The van der Waals surface area contributed by atoms with E-state index >= 15 is 0 Å². The number of likely N-dealkylation sites (N-methyl/N-ethyl adjacent to an activating group) is 1. The molecule has 0 spiro atoms. The van der Waals surface area contributed by atoms with Crippen LogP contribution in [0.15, 0.2) is 36.7 Å². The molecule has 0 fully saturated rings. The van der Waals surface area contributed by atoms with Crippen LogP contribution < -0.4 is 15.4 Å². The van der Waals surface area contributed by atoms with Crippen LogP contribution in [0.2, 0.25) is 0 Å². The van der Waals surface area contributed by atoms with Gasteiger partial charge in [-0.1, -0.05) is 6.07 Å². The number of rotatable bonds is 5. The van der Waals surface area contributed by atoms with Crippen LogP contribution in [0.1, 0.15) is 0 Å². The van der Waals surface area contributed by atoms with Crippen LogP contribution in [0.5, 0.6) is 5.75 Å². The van der Waals surface area contributed by atoms with Crippen LogP contribution in [0.4, 0.5) is 11.4 Å². The van der Waals surface area contributed by atoms with Gasteiger partial charge in [-0.05, 0) is 12.1 Å². The smallest absolute Gasteiger partial charge is 0.120 e. The van der Waals surface area contributed by atoms with Crippen molar-refractivity contribution in [2.24, 2.45) is 0 Å². The van der Waals surface area contributed by atoms with E-state index in [-0.39, 0.29) is 0 Å². The molecular formula is C13H18N4O. The zero-order valence-electron chi connectivity index (χ0n) is 10.7. The molecule has 0 radical (unpaired) electrons. The van der Waals surface area contributed by atoms with Crippen molar-refractivity contribution in [2.75, 3.05) is 31.3 Å². The predicted octanol–water partition coefficient (Wildman–Crippen LogP) is 1.61. The fourth-order valence-corrected chi connectivity index (χ4v) is 1.73. The van der Waals surface area contributed by atoms with Gasteiger partial charge in [-0.3, -0.25) is 4.68 Å². The molecule has 0 amide bonds. The number of hydrogen-bond acceptors (Lipinski definition) is 4. The quantitative estimate of drug-likeness (QED) is 0.870. The van der Waals surface area contributed by atoms with E-state index in [0.717, 1.165) is 24.5 Å². The highest BCUT2D eigenvalue weighted by Crippen LogP contribution is 2.19. The molecule has 2 N–H and O–H groups in total. The van der Waals surface area contributed by atoms with Crippen molar-refractivity contribution in [3.05, 3.63) is 36.7 Å². The van der Waals surface area contributed by atoms with Crippen molar-refractivity contribution < 1.29 is 4.74 Å². The normalized spacial score (nSPS) is 10.3. The third kappa shape index (κ3) is 2.94. The third-order valence-electron chi connectivity index (χ3n) is 2.81. The van der Waals surface area contributed by atoms with Gasteiger partial charge in [-0.15, -0.1) is 0 Å². The van der Waals surface area contributed by atoms with Crippen molar-refractivity contribution in [2.45, 2.75) is 6.54 Å². The number of nitrogen functional groups attached to an aromatic ring is 1. The molecule has 96 valence electrons. The Balaban J connectivity index is 1.96. The van der Waals surface area contributed by atoms with Crippen molar-refractivity contribution in [1.82, 2.24) is 9.78 Å². The van der Waals surface area contributed by atoms with E-state index in [4.69, 9.17) is 10.5 Å². The van der Waals surface area contributed by atoms with Gasteiger partial charge in [0.25, 0.3) is 0 Å². The van der Waals surface area contributed by atoms with Gasteiger partial charge in [0, 0.05) is 31.5 Å². The molecule has 0 aliphatic rings. The standard InChI is InChI=1S/C13H18N4O/c1-16(6-7-17-10-11(14)9-15-17)12-4-3-5-13(8-12)18-2/h3-5,8-10H,6-7,14H2,1-2H3. The first-order valence-corrected chi connectivity index (χ1v) is 5.82. The van der Waals surface area contributed by atoms with Crippen molar-refractivity contribution in [3.63, 3.8) is 0 Å².